The van der Waals surface area contributed by atoms with Gasteiger partial charge in [0.05, 0.1) is 30.0 Å². The van der Waals surface area contributed by atoms with Gasteiger partial charge in [-0.05, 0) is 31.6 Å². The molecule has 1 aromatic carbocycles. The molecule has 1 N–H and O–H groups in total. The SMILES string of the molecule is CCC1(Cc2nc(C)nc(NCc3cccc(C(F)F)c3F)c2C2OCCO2)CC1. The largest absolute Gasteiger partial charge is 0.365 e. The highest BCUT2D eigenvalue weighted by Gasteiger charge is 2.42. The average Bonchev–Trinajstić information content (AvgIpc) is 3.27. The number of rotatable bonds is 8. The van der Waals surface area contributed by atoms with E-state index >= 15 is 0 Å². The lowest BCUT2D eigenvalue weighted by molar-refractivity contribution is -0.0448. The zero-order valence-electron chi connectivity index (χ0n) is 17.2. The molecule has 1 aliphatic carbocycles. The molecular formula is C22H26F3N3O2. The van der Waals surface area contributed by atoms with Gasteiger partial charge in [0.1, 0.15) is 17.5 Å². The minimum atomic E-state index is -2.86. The summed E-state index contributed by atoms with van der Waals surface area (Å²) in [5.74, 6) is 0.185. The van der Waals surface area contributed by atoms with Crippen LogP contribution in [0.2, 0.25) is 0 Å². The second kappa shape index (κ2) is 8.51. The van der Waals surface area contributed by atoms with Crippen LogP contribution in [-0.4, -0.2) is 23.2 Å². The van der Waals surface area contributed by atoms with Crippen molar-refractivity contribution in [1.29, 1.82) is 0 Å². The van der Waals surface area contributed by atoms with Gasteiger partial charge < -0.3 is 14.8 Å². The van der Waals surface area contributed by atoms with Crippen molar-refractivity contribution >= 4 is 5.82 Å². The lowest BCUT2D eigenvalue weighted by atomic mass is 9.94. The van der Waals surface area contributed by atoms with Crippen molar-refractivity contribution in [1.82, 2.24) is 9.97 Å². The van der Waals surface area contributed by atoms with Gasteiger partial charge >= 0.3 is 0 Å². The fraction of sp³-hybridized carbons (Fsp3) is 0.545. The fourth-order valence-electron chi connectivity index (χ4n) is 3.95. The number of halogens is 3. The van der Waals surface area contributed by atoms with Crippen molar-refractivity contribution in [2.24, 2.45) is 5.41 Å². The summed E-state index contributed by atoms with van der Waals surface area (Å²) in [6, 6.07) is 4.02. The fourth-order valence-corrected chi connectivity index (χ4v) is 3.95. The Balaban J connectivity index is 1.65. The molecule has 0 spiro atoms. The van der Waals surface area contributed by atoms with Gasteiger partial charge in [0.25, 0.3) is 6.43 Å². The highest BCUT2D eigenvalue weighted by molar-refractivity contribution is 5.49. The number of hydrogen-bond donors (Lipinski definition) is 1. The molecule has 0 radical (unpaired) electrons. The van der Waals surface area contributed by atoms with E-state index in [-0.39, 0.29) is 17.5 Å². The van der Waals surface area contributed by atoms with Crippen LogP contribution < -0.4 is 5.32 Å². The lowest BCUT2D eigenvalue weighted by Gasteiger charge is -2.22. The van der Waals surface area contributed by atoms with Crippen LogP contribution in [-0.2, 0) is 22.4 Å². The topological polar surface area (TPSA) is 56.3 Å². The maximum atomic E-state index is 14.5. The quantitative estimate of drug-likeness (QED) is 0.631. The molecule has 0 atom stereocenters. The molecule has 2 fully saturated rings. The molecule has 1 aliphatic heterocycles. The molecule has 30 heavy (non-hydrogen) atoms. The molecule has 2 heterocycles. The number of aryl methyl sites for hydroxylation is 1. The molecule has 1 saturated carbocycles. The van der Waals surface area contributed by atoms with Crippen molar-refractivity contribution in [3.8, 4) is 0 Å². The van der Waals surface area contributed by atoms with Crippen LogP contribution >= 0.6 is 0 Å². The number of benzene rings is 1. The Morgan fingerprint density at radius 1 is 1.20 bits per heavy atom. The zero-order valence-corrected chi connectivity index (χ0v) is 17.2. The highest BCUT2D eigenvalue weighted by Crippen LogP contribution is 2.52. The molecule has 1 aromatic heterocycles. The van der Waals surface area contributed by atoms with Crippen molar-refractivity contribution in [3.05, 3.63) is 52.2 Å². The third kappa shape index (κ3) is 4.30. The highest BCUT2D eigenvalue weighted by atomic mass is 19.3. The van der Waals surface area contributed by atoms with Gasteiger partial charge in [-0.2, -0.15) is 0 Å². The number of nitrogens with zero attached hydrogens (tertiary/aromatic N) is 2. The van der Waals surface area contributed by atoms with Crippen LogP contribution in [0.25, 0.3) is 0 Å². The first-order valence-electron chi connectivity index (χ1n) is 10.3. The van der Waals surface area contributed by atoms with Crippen molar-refractivity contribution in [2.75, 3.05) is 18.5 Å². The standard InChI is InChI=1S/C22H26F3N3O2/c1-3-22(7-8-22)11-16-17(21-29-9-10-30-21)20(28-13(2)27-16)26-12-14-5-4-6-15(18(14)23)19(24)25/h4-6,19,21H,3,7-12H2,1-2H3,(H,26,27,28). The van der Waals surface area contributed by atoms with E-state index in [9.17, 15) is 13.2 Å². The Labute approximate surface area is 174 Å². The molecule has 5 nitrogen and oxygen atoms in total. The third-order valence-corrected chi connectivity index (χ3v) is 6.03. The Kier molecular flexibility index (Phi) is 5.97. The maximum absolute atomic E-state index is 14.5. The molecular weight excluding hydrogens is 395 g/mol. The minimum Gasteiger partial charge on any atom is -0.365 e. The van der Waals surface area contributed by atoms with Gasteiger partial charge in [-0.1, -0.05) is 31.5 Å². The number of anilines is 1. The number of hydrogen-bond acceptors (Lipinski definition) is 5. The van der Waals surface area contributed by atoms with Gasteiger partial charge in [-0.25, -0.2) is 23.1 Å². The number of aromatic nitrogens is 2. The van der Waals surface area contributed by atoms with Gasteiger partial charge in [0.2, 0.25) is 0 Å². The minimum absolute atomic E-state index is 0.0148. The summed E-state index contributed by atoms with van der Waals surface area (Å²) in [6.45, 7) is 4.95. The summed E-state index contributed by atoms with van der Waals surface area (Å²) in [7, 11) is 0. The van der Waals surface area contributed by atoms with E-state index in [1.165, 1.54) is 12.1 Å². The van der Waals surface area contributed by atoms with Gasteiger partial charge in [0.15, 0.2) is 6.29 Å². The Morgan fingerprint density at radius 3 is 2.57 bits per heavy atom. The summed E-state index contributed by atoms with van der Waals surface area (Å²) >= 11 is 0. The summed E-state index contributed by atoms with van der Waals surface area (Å²) in [4.78, 5) is 9.18. The number of ether oxygens (including phenoxy) is 2. The van der Waals surface area contributed by atoms with Crippen LogP contribution in [0.4, 0.5) is 19.0 Å². The zero-order chi connectivity index (χ0) is 21.3. The predicted octanol–water partition coefficient (Wildman–Crippen LogP) is 5.25. The predicted molar refractivity (Wildman–Crippen MR) is 106 cm³/mol. The first-order valence-corrected chi connectivity index (χ1v) is 10.3. The molecule has 8 heteroatoms. The Hall–Kier alpha value is -2.19. The van der Waals surface area contributed by atoms with Gasteiger partial charge in [0, 0.05) is 12.1 Å². The van der Waals surface area contributed by atoms with Crippen LogP contribution in [0.5, 0.6) is 0 Å². The molecule has 0 unspecified atom stereocenters. The van der Waals surface area contributed by atoms with E-state index in [1.807, 2.05) is 0 Å². The third-order valence-electron chi connectivity index (χ3n) is 6.03. The second-order valence-electron chi connectivity index (χ2n) is 8.06. The van der Waals surface area contributed by atoms with Gasteiger partial charge in [-0.3, -0.25) is 0 Å². The van der Waals surface area contributed by atoms with E-state index in [0.717, 1.165) is 43.0 Å². The summed E-state index contributed by atoms with van der Waals surface area (Å²) in [5, 5.41) is 3.12. The maximum Gasteiger partial charge on any atom is 0.266 e. The second-order valence-corrected chi connectivity index (χ2v) is 8.06. The molecule has 0 bridgehead atoms. The van der Waals surface area contributed by atoms with Crippen LogP contribution in [0.15, 0.2) is 18.2 Å². The summed E-state index contributed by atoms with van der Waals surface area (Å²) in [6.07, 6.45) is 0.732. The first-order chi connectivity index (χ1) is 14.4. The molecule has 162 valence electrons. The van der Waals surface area contributed by atoms with Crippen molar-refractivity contribution in [3.63, 3.8) is 0 Å². The molecule has 2 aromatic rings. The molecule has 2 aliphatic rings. The smallest absolute Gasteiger partial charge is 0.266 e. The summed E-state index contributed by atoms with van der Waals surface area (Å²) in [5.41, 5.74) is 1.40. The van der Waals surface area contributed by atoms with Crippen molar-refractivity contribution in [2.45, 2.75) is 58.8 Å². The monoisotopic (exact) mass is 421 g/mol. The number of nitrogens with one attached hydrogen (secondary N) is 1. The van der Waals surface area contributed by atoms with E-state index in [2.05, 4.69) is 22.2 Å². The summed E-state index contributed by atoms with van der Waals surface area (Å²) < 4.78 is 52.0. The number of alkyl halides is 2. The average molecular weight is 421 g/mol. The van der Waals surface area contributed by atoms with E-state index in [0.29, 0.717) is 24.9 Å². The Morgan fingerprint density at radius 2 is 1.93 bits per heavy atom. The van der Waals surface area contributed by atoms with Crippen LogP contribution in [0, 0.1) is 18.2 Å². The van der Waals surface area contributed by atoms with Crippen molar-refractivity contribution < 1.29 is 22.6 Å². The van der Waals surface area contributed by atoms with Crippen LogP contribution in [0.1, 0.15) is 67.1 Å². The first kappa shape index (κ1) is 21.1. The van der Waals surface area contributed by atoms with E-state index in [4.69, 9.17) is 9.47 Å². The van der Waals surface area contributed by atoms with E-state index < -0.39 is 24.1 Å². The lowest BCUT2D eigenvalue weighted by Crippen LogP contribution is -2.17. The molecule has 1 saturated heterocycles. The van der Waals surface area contributed by atoms with Gasteiger partial charge in [-0.15, -0.1) is 0 Å². The van der Waals surface area contributed by atoms with Crippen LogP contribution in [0.3, 0.4) is 0 Å². The molecule has 4 rings (SSSR count). The Bertz CT molecular complexity index is 913. The van der Waals surface area contributed by atoms with E-state index in [1.54, 1.807) is 6.92 Å². The molecule has 0 amide bonds. The normalized spacial score (nSPS) is 18.2.